The molecule has 2 aromatic carbocycles. The Balaban J connectivity index is 1.97. The van der Waals surface area contributed by atoms with Crippen molar-refractivity contribution in [3.8, 4) is 11.1 Å². The lowest BCUT2D eigenvalue weighted by Crippen LogP contribution is -2.14. The Kier molecular flexibility index (Phi) is 6.16. The van der Waals surface area contributed by atoms with Gasteiger partial charge in [0.05, 0.1) is 17.2 Å². The van der Waals surface area contributed by atoms with Crippen LogP contribution in [-0.4, -0.2) is 27.9 Å². The second kappa shape index (κ2) is 8.76. The van der Waals surface area contributed by atoms with E-state index >= 15 is 0 Å². The molecule has 0 saturated carbocycles. The summed E-state index contributed by atoms with van der Waals surface area (Å²) in [5, 5.41) is 10.3. The second-order valence-electron chi connectivity index (χ2n) is 6.94. The Morgan fingerprint density at radius 1 is 1.14 bits per heavy atom. The number of carbonyl (C=O) groups is 2. The monoisotopic (exact) mass is 376 g/mol. The lowest BCUT2D eigenvalue weighted by atomic mass is 9.95. The zero-order valence-corrected chi connectivity index (χ0v) is 15.9. The summed E-state index contributed by atoms with van der Waals surface area (Å²) >= 11 is 0. The van der Waals surface area contributed by atoms with Gasteiger partial charge in [-0.2, -0.15) is 0 Å². The maximum Gasteiger partial charge on any atom is 0.250 e. The van der Waals surface area contributed by atoms with Gasteiger partial charge in [0.2, 0.25) is 5.91 Å². The highest BCUT2D eigenvalue weighted by Gasteiger charge is 2.16. The minimum atomic E-state index is -0.527. The molecule has 0 spiro atoms. The van der Waals surface area contributed by atoms with Gasteiger partial charge < -0.3 is 10.8 Å². The first-order chi connectivity index (χ1) is 13.5. The molecule has 0 aliphatic heterocycles. The van der Waals surface area contributed by atoms with E-state index in [4.69, 9.17) is 5.73 Å². The molecule has 1 unspecified atom stereocenters. The van der Waals surface area contributed by atoms with Crippen molar-refractivity contribution in [1.29, 1.82) is 0 Å². The smallest absolute Gasteiger partial charge is 0.250 e. The van der Waals surface area contributed by atoms with E-state index in [0.29, 0.717) is 41.3 Å². The number of aromatic nitrogens is 1. The number of hydrogen-bond acceptors (Lipinski definition) is 4. The van der Waals surface area contributed by atoms with Crippen LogP contribution in [0.25, 0.3) is 22.0 Å². The molecule has 0 saturated heterocycles. The minimum absolute atomic E-state index is 0.0552. The van der Waals surface area contributed by atoms with Crippen molar-refractivity contribution in [2.75, 3.05) is 0 Å². The van der Waals surface area contributed by atoms with E-state index in [1.54, 1.807) is 12.3 Å². The zero-order chi connectivity index (χ0) is 20.1. The van der Waals surface area contributed by atoms with Crippen molar-refractivity contribution in [2.45, 2.75) is 38.7 Å². The molecule has 3 N–H and O–H groups in total. The third-order valence-corrected chi connectivity index (χ3v) is 4.89. The van der Waals surface area contributed by atoms with Crippen LogP contribution >= 0.6 is 0 Å². The Hall–Kier alpha value is -3.05. The lowest BCUT2D eigenvalue weighted by Gasteiger charge is -2.12. The van der Waals surface area contributed by atoms with Crippen molar-refractivity contribution in [3.05, 3.63) is 65.9 Å². The largest absolute Gasteiger partial charge is 0.393 e. The molecule has 0 aliphatic carbocycles. The number of primary amides is 1. The number of aliphatic hydroxyl groups is 1. The Morgan fingerprint density at radius 3 is 2.57 bits per heavy atom. The average Bonchev–Trinajstić information content (AvgIpc) is 2.71. The summed E-state index contributed by atoms with van der Waals surface area (Å²) < 4.78 is 0. The molecule has 1 atom stereocenters. The van der Waals surface area contributed by atoms with E-state index in [2.05, 4.69) is 4.98 Å². The zero-order valence-electron chi connectivity index (χ0n) is 15.9. The van der Waals surface area contributed by atoms with Crippen LogP contribution in [0, 0.1) is 0 Å². The van der Waals surface area contributed by atoms with E-state index in [9.17, 15) is 14.7 Å². The summed E-state index contributed by atoms with van der Waals surface area (Å²) in [7, 11) is 0. The van der Waals surface area contributed by atoms with Crippen molar-refractivity contribution >= 4 is 22.6 Å². The Morgan fingerprint density at radius 2 is 1.89 bits per heavy atom. The fraction of sp³-hybridized carbons (Fsp3) is 0.261. The van der Waals surface area contributed by atoms with Crippen LogP contribution in [0.5, 0.6) is 0 Å². The van der Waals surface area contributed by atoms with Crippen LogP contribution in [0.15, 0.2) is 54.7 Å². The average molecular weight is 376 g/mol. The Bertz CT molecular complexity index is 999. The summed E-state index contributed by atoms with van der Waals surface area (Å²) in [6.45, 7) is 1.89. The molecular weight excluding hydrogens is 352 g/mol. The van der Waals surface area contributed by atoms with Gasteiger partial charge in [-0.25, -0.2) is 0 Å². The van der Waals surface area contributed by atoms with Crippen LogP contribution in [0.2, 0.25) is 0 Å². The van der Waals surface area contributed by atoms with Crippen LogP contribution in [0.3, 0.4) is 0 Å². The fourth-order valence-electron chi connectivity index (χ4n) is 3.30. The van der Waals surface area contributed by atoms with Gasteiger partial charge in [0.15, 0.2) is 0 Å². The highest BCUT2D eigenvalue weighted by Crippen LogP contribution is 2.29. The van der Waals surface area contributed by atoms with Gasteiger partial charge in [0.1, 0.15) is 5.78 Å². The van der Waals surface area contributed by atoms with Gasteiger partial charge in [-0.05, 0) is 36.1 Å². The third kappa shape index (κ3) is 4.43. The molecule has 144 valence electrons. The van der Waals surface area contributed by atoms with Crippen molar-refractivity contribution in [3.63, 3.8) is 0 Å². The first-order valence-corrected chi connectivity index (χ1v) is 9.46. The summed E-state index contributed by atoms with van der Waals surface area (Å²) in [5.41, 5.74) is 9.11. The van der Waals surface area contributed by atoms with Gasteiger partial charge >= 0.3 is 0 Å². The quantitative estimate of drug-likeness (QED) is 0.627. The molecule has 0 radical (unpaired) electrons. The SMILES string of the molecule is CCC(O)CCC(=O)Cc1ccc2ncc(-c3ccccc3)c(C(N)=O)c2c1. The number of Topliss-reactive ketones (excluding diaryl/α,β-unsaturated/α-hetero) is 1. The number of amides is 1. The van der Waals surface area contributed by atoms with Gasteiger partial charge in [-0.15, -0.1) is 0 Å². The number of rotatable bonds is 8. The molecule has 0 aliphatic rings. The van der Waals surface area contributed by atoms with Crippen LogP contribution < -0.4 is 5.73 Å². The molecule has 0 bridgehead atoms. The second-order valence-corrected chi connectivity index (χ2v) is 6.94. The molecule has 1 heterocycles. The number of benzene rings is 2. The minimum Gasteiger partial charge on any atom is -0.393 e. The fourth-order valence-corrected chi connectivity index (χ4v) is 3.30. The van der Waals surface area contributed by atoms with Crippen molar-refractivity contribution in [1.82, 2.24) is 4.98 Å². The molecule has 5 heteroatoms. The maximum atomic E-state index is 12.3. The standard InChI is InChI=1S/C23H24N2O3/c1-2-17(26)9-10-18(27)12-15-8-11-21-19(13-15)22(23(24)28)20(14-25-21)16-6-4-3-5-7-16/h3-8,11,13-14,17,26H,2,9-10,12H2,1H3,(H2,24,28). The third-order valence-electron chi connectivity index (χ3n) is 4.89. The molecule has 3 aromatic rings. The number of nitrogens with two attached hydrogens (primary N) is 1. The topological polar surface area (TPSA) is 93.3 Å². The molecule has 1 aromatic heterocycles. The summed E-state index contributed by atoms with van der Waals surface area (Å²) in [6, 6.07) is 15.0. The summed E-state index contributed by atoms with van der Waals surface area (Å²) in [6.07, 6.45) is 2.90. The molecule has 3 rings (SSSR count). The van der Waals surface area contributed by atoms with Crippen LogP contribution in [0.1, 0.15) is 42.1 Å². The van der Waals surface area contributed by atoms with E-state index in [1.807, 2.05) is 49.4 Å². The normalized spacial score (nSPS) is 12.1. The Labute approximate surface area is 164 Å². The number of ketones is 1. The van der Waals surface area contributed by atoms with E-state index in [-0.39, 0.29) is 12.2 Å². The molecule has 0 fully saturated rings. The predicted octanol–water partition coefficient (Wildman–Crippen LogP) is 3.66. The molecule has 28 heavy (non-hydrogen) atoms. The number of aliphatic hydroxyl groups excluding tert-OH is 1. The number of hydrogen-bond donors (Lipinski definition) is 2. The molecule has 5 nitrogen and oxygen atoms in total. The van der Waals surface area contributed by atoms with E-state index in [1.165, 1.54) is 0 Å². The predicted molar refractivity (Wildman–Crippen MR) is 110 cm³/mol. The van der Waals surface area contributed by atoms with Crippen LogP contribution in [0.4, 0.5) is 0 Å². The molecular formula is C23H24N2O3. The van der Waals surface area contributed by atoms with Gasteiger partial charge in [-0.3, -0.25) is 14.6 Å². The first kappa shape index (κ1) is 19.7. The van der Waals surface area contributed by atoms with Gasteiger partial charge in [0.25, 0.3) is 0 Å². The lowest BCUT2D eigenvalue weighted by molar-refractivity contribution is -0.119. The first-order valence-electron chi connectivity index (χ1n) is 9.46. The highest BCUT2D eigenvalue weighted by atomic mass is 16.3. The van der Waals surface area contributed by atoms with Gasteiger partial charge in [-0.1, -0.05) is 43.3 Å². The number of pyridine rings is 1. The highest BCUT2D eigenvalue weighted by molar-refractivity contribution is 6.11. The molecule has 1 amide bonds. The van der Waals surface area contributed by atoms with E-state index < -0.39 is 12.0 Å². The van der Waals surface area contributed by atoms with Gasteiger partial charge in [0, 0.05) is 30.0 Å². The number of fused-ring (bicyclic) bond motifs is 1. The number of nitrogens with zero attached hydrogens (tertiary/aromatic N) is 1. The van der Waals surface area contributed by atoms with Crippen molar-refractivity contribution < 1.29 is 14.7 Å². The van der Waals surface area contributed by atoms with Crippen LogP contribution in [-0.2, 0) is 11.2 Å². The maximum absolute atomic E-state index is 12.3. The van der Waals surface area contributed by atoms with E-state index in [0.717, 1.165) is 11.1 Å². The summed E-state index contributed by atoms with van der Waals surface area (Å²) in [4.78, 5) is 29.0. The van der Waals surface area contributed by atoms with Crippen molar-refractivity contribution in [2.24, 2.45) is 5.73 Å². The number of carbonyl (C=O) groups excluding carboxylic acids is 2. The summed E-state index contributed by atoms with van der Waals surface area (Å²) in [5.74, 6) is -0.472.